The Balaban J connectivity index is 1.91. The van der Waals surface area contributed by atoms with Gasteiger partial charge in [-0.3, -0.25) is 4.79 Å². The van der Waals surface area contributed by atoms with Gasteiger partial charge in [0.15, 0.2) is 0 Å². The van der Waals surface area contributed by atoms with Crippen LogP contribution in [0.1, 0.15) is 34.3 Å². The summed E-state index contributed by atoms with van der Waals surface area (Å²) in [6, 6.07) is 9.09. The first-order chi connectivity index (χ1) is 11.1. The van der Waals surface area contributed by atoms with Crippen molar-refractivity contribution in [2.75, 3.05) is 13.7 Å². The van der Waals surface area contributed by atoms with Gasteiger partial charge < -0.3 is 14.7 Å². The largest absolute Gasteiger partial charge is 0.497 e. The van der Waals surface area contributed by atoms with Crippen LogP contribution in [0, 0.1) is 6.92 Å². The number of amides is 1. The van der Waals surface area contributed by atoms with Crippen LogP contribution in [0.4, 0.5) is 0 Å². The summed E-state index contributed by atoms with van der Waals surface area (Å²) in [4.78, 5) is 22.6. The van der Waals surface area contributed by atoms with Crippen molar-refractivity contribution in [1.29, 1.82) is 0 Å². The van der Waals surface area contributed by atoms with Gasteiger partial charge in [0.2, 0.25) is 5.82 Å². The molecule has 1 N–H and O–H groups in total. The molecule has 2 atom stereocenters. The summed E-state index contributed by atoms with van der Waals surface area (Å²) in [6.07, 6.45) is 1.51. The number of hydrogen-bond acceptors (Lipinski definition) is 5. The molecule has 120 valence electrons. The lowest BCUT2D eigenvalue weighted by atomic mass is 10.0. The number of ether oxygens (including phenoxy) is 1. The Morgan fingerprint density at radius 1 is 1.39 bits per heavy atom. The first kappa shape index (κ1) is 15.4. The van der Waals surface area contributed by atoms with Crippen LogP contribution in [0.5, 0.6) is 5.75 Å². The quantitative estimate of drug-likeness (QED) is 0.934. The maximum Gasteiger partial charge on any atom is 0.292 e. The second-order valence-electron chi connectivity index (χ2n) is 5.66. The highest BCUT2D eigenvalue weighted by molar-refractivity contribution is 5.91. The number of hydrogen-bond donors (Lipinski definition) is 1. The molecule has 1 amide bonds. The van der Waals surface area contributed by atoms with Crippen LogP contribution in [0.25, 0.3) is 0 Å². The Hall–Kier alpha value is -2.47. The van der Waals surface area contributed by atoms with Crippen LogP contribution in [-0.4, -0.2) is 45.6 Å². The Morgan fingerprint density at radius 2 is 2.22 bits per heavy atom. The van der Waals surface area contributed by atoms with Crippen LogP contribution in [-0.2, 0) is 0 Å². The predicted molar refractivity (Wildman–Crippen MR) is 84.2 cm³/mol. The molecule has 0 saturated carbocycles. The predicted octanol–water partition coefficient (Wildman–Crippen LogP) is 1.74. The van der Waals surface area contributed by atoms with E-state index in [1.807, 2.05) is 31.2 Å². The molecule has 23 heavy (non-hydrogen) atoms. The lowest BCUT2D eigenvalue weighted by Gasteiger charge is -2.24. The monoisotopic (exact) mass is 313 g/mol. The van der Waals surface area contributed by atoms with Crippen molar-refractivity contribution in [3.05, 3.63) is 53.6 Å². The maximum absolute atomic E-state index is 12.7. The normalized spacial score (nSPS) is 20.6. The Labute approximate surface area is 134 Å². The summed E-state index contributed by atoms with van der Waals surface area (Å²) >= 11 is 0. The van der Waals surface area contributed by atoms with Crippen molar-refractivity contribution in [3.8, 4) is 5.75 Å². The summed E-state index contributed by atoms with van der Waals surface area (Å²) < 4.78 is 5.25. The number of aryl methyl sites for hydroxylation is 1. The van der Waals surface area contributed by atoms with Crippen molar-refractivity contribution in [1.82, 2.24) is 14.9 Å². The lowest BCUT2D eigenvalue weighted by Crippen LogP contribution is -2.33. The van der Waals surface area contributed by atoms with Crippen molar-refractivity contribution in [2.24, 2.45) is 0 Å². The van der Waals surface area contributed by atoms with E-state index in [1.165, 1.54) is 0 Å². The molecule has 0 aliphatic carbocycles. The highest BCUT2D eigenvalue weighted by Gasteiger charge is 2.36. The molecule has 6 nitrogen and oxygen atoms in total. The maximum atomic E-state index is 12.7. The highest BCUT2D eigenvalue weighted by Crippen LogP contribution is 2.34. The number of rotatable bonds is 3. The van der Waals surface area contributed by atoms with E-state index >= 15 is 0 Å². The third-order valence-electron chi connectivity index (χ3n) is 4.00. The van der Waals surface area contributed by atoms with Gasteiger partial charge in [-0.05, 0) is 37.1 Å². The smallest absolute Gasteiger partial charge is 0.292 e. The number of β-amino-alcohol motifs (C(OH)–C–C–N with tert-alkyl or cyclic N) is 1. The fourth-order valence-electron chi connectivity index (χ4n) is 2.88. The average molecular weight is 313 g/mol. The van der Waals surface area contributed by atoms with Crippen molar-refractivity contribution in [2.45, 2.75) is 25.5 Å². The van der Waals surface area contributed by atoms with Crippen LogP contribution in [0.2, 0.25) is 0 Å². The number of likely N-dealkylation sites (tertiary alicyclic amines) is 1. The molecule has 1 saturated heterocycles. The number of aliphatic hydroxyl groups excluding tert-OH is 1. The number of nitrogens with zero attached hydrogens (tertiary/aromatic N) is 3. The Kier molecular flexibility index (Phi) is 4.25. The minimum atomic E-state index is -0.556. The number of methoxy groups -OCH3 is 1. The minimum absolute atomic E-state index is 0.159. The molecule has 2 aromatic rings. The summed E-state index contributed by atoms with van der Waals surface area (Å²) in [7, 11) is 1.60. The summed E-state index contributed by atoms with van der Waals surface area (Å²) in [6.45, 7) is 2.09. The number of carbonyl (C=O) groups excluding carboxylic acids is 1. The molecular formula is C17H19N3O3. The van der Waals surface area contributed by atoms with E-state index in [0.29, 0.717) is 6.42 Å². The van der Waals surface area contributed by atoms with Gasteiger partial charge in [-0.15, -0.1) is 0 Å². The minimum Gasteiger partial charge on any atom is -0.497 e. The fourth-order valence-corrected chi connectivity index (χ4v) is 2.88. The van der Waals surface area contributed by atoms with Gasteiger partial charge in [-0.2, -0.15) is 0 Å². The third kappa shape index (κ3) is 3.17. The van der Waals surface area contributed by atoms with E-state index in [4.69, 9.17) is 4.74 Å². The van der Waals surface area contributed by atoms with Crippen molar-refractivity contribution < 1.29 is 14.6 Å². The number of aliphatic hydroxyl groups is 1. The molecule has 0 spiro atoms. The SMILES string of the molecule is COc1cccc(C2CC(O)CN2C(=O)c2nccc(C)n2)c1. The van der Waals surface area contributed by atoms with E-state index in [9.17, 15) is 9.90 Å². The van der Waals surface area contributed by atoms with Crippen LogP contribution in [0.15, 0.2) is 36.5 Å². The van der Waals surface area contributed by atoms with Crippen LogP contribution >= 0.6 is 0 Å². The molecule has 1 aliphatic rings. The molecule has 1 aromatic carbocycles. The molecule has 1 aliphatic heterocycles. The summed E-state index contributed by atoms with van der Waals surface area (Å²) in [5, 5.41) is 10.0. The number of aromatic nitrogens is 2. The standard InChI is InChI=1S/C17H19N3O3/c1-11-6-7-18-16(19-11)17(22)20-10-13(21)9-15(20)12-4-3-5-14(8-12)23-2/h3-8,13,15,21H,9-10H2,1-2H3. The zero-order chi connectivity index (χ0) is 16.4. The van der Waals surface area contributed by atoms with Crippen molar-refractivity contribution >= 4 is 5.91 Å². The van der Waals surface area contributed by atoms with Gasteiger partial charge in [0, 0.05) is 18.4 Å². The van der Waals surface area contributed by atoms with Crippen LogP contribution in [0.3, 0.4) is 0 Å². The Morgan fingerprint density at radius 3 is 2.96 bits per heavy atom. The van der Waals surface area contributed by atoms with Crippen LogP contribution < -0.4 is 4.74 Å². The van der Waals surface area contributed by atoms with E-state index in [-0.39, 0.29) is 24.3 Å². The molecule has 2 heterocycles. The van der Waals surface area contributed by atoms with Gasteiger partial charge in [-0.25, -0.2) is 9.97 Å². The second-order valence-corrected chi connectivity index (χ2v) is 5.66. The van der Waals surface area contributed by atoms with E-state index in [2.05, 4.69) is 9.97 Å². The van der Waals surface area contributed by atoms with E-state index in [0.717, 1.165) is 17.0 Å². The number of benzene rings is 1. The Bertz CT molecular complexity index is 720. The summed E-state index contributed by atoms with van der Waals surface area (Å²) in [5.41, 5.74) is 1.67. The fraction of sp³-hybridized carbons (Fsp3) is 0.353. The van der Waals surface area contributed by atoms with Gasteiger partial charge in [0.25, 0.3) is 5.91 Å². The third-order valence-corrected chi connectivity index (χ3v) is 4.00. The highest BCUT2D eigenvalue weighted by atomic mass is 16.5. The second kappa shape index (κ2) is 6.34. The van der Waals surface area contributed by atoms with Gasteiger partial charge in [0.05, 0.1) is 19.3 Å². The molecule has 0 bridgehead atoms. The zero-order valence-corrected chi connectivity index (χ0v) is 13.1. The molecular weight excluding hydrogens is 294 g/mol. The molecule has 6 heteroatoms. The number of carbonyl (C=O) groups is 1. The first-order valence-electron chi connectivity index (χ1n) is 7.51. The summed E-state index contributed by atoms with van der Waals surface area (Å²) in [5.74, 6) is 0.619. The lowest BCUT2D eigenvalue weighted by molar-refractivity contribution is 0.0703. The molecule has 0 radical (unpaired) electrons. The molecule has 2 unspecified atom stereocenters. The molecule has 3 rings (SSSR count). The van der Waals surface area contributed by atoms with Gasteiger partial charge in [-0.1, -0.05) is 12.1 Å². The molecule has 1 fully saturated rings. The van der Waals surface area contributed by atoms with Gasteiger partial charge in [0.1, 0.15) is 5.75 Å². The zero-order valence-electron chi connectivity index (χ0n) is 13.1. The van der Waals surface area contributed by atoms with E-state index in [1.54, 1.807) is 24.3 Å². The first-order valence-corrected chi connectivity index (χ1v) is 7.51. The van der Waals surface area contributed by atoms with Crippen molar-refractivity contribution in [3.63, 3.8) is 0 Å². The topological polar surface area (TPSA) is 75.6 Å². The average Bonchev–Trinajstić information content (AvgIpc) is 2.96. The van der Waals surface area contributed by atoms with E-state index < -0.39 is 6.10 Å². The molecule has 1 aromatic heterocycles. The van der Waals surface area contributed by atoms with Gasteiger partial charge >= 0.3 is 0 Å².